The van der Waals surface area contributed by atoms with Gasteiger partial charge in [-0.15, -0.1) is 0 Å². The number of hydrogen-bond acceptors (Lipinski definition) is 2. The van der Waals surface area contributed by atoms with Gasteiger partial charge in [0.05, 0.1) is 0 Å². The van der Waals surface area contributed by atoms with E-state index >= 15 is 0 Å². The third-order valence-electron chi connectivity index (χ3n) is 1.47. The zero-order valence-electron chi connectivity index (χ0n) is 8.05. The van der Waals surface area contributed by atoms with Crippen LogP contribution in [-0.4, -0.2) is 25.0 Å². The number of primary amides is 1. The Kier molecular flexibility index (Phi) is 6.68. The van der Waals surface area contributed by atoms with E-state index < -0.39 is 0 Å². The van der Waals surface area contributed by atoms with Crippen molar-refractivity contribution < 1.29 is 4.79 Å². The fourth-order valence-electron chi connectivity index (χ4n) is 0.848. The van der Waals surface area contributed by atoms with Crippen molar-refractivity contribution in [3.8, 4) is 0 Å². The molecule has 0 bridgehead atoms. The molecule has 0 radical (unpaired) electrons. The summed E-state index contributed by atoms with van der Waals surface area (Å²) in [5, 5.41) is 2.88. The number of nitrogens with two attached hydrogens (primary N) is 2. The zero-order chi connectivity index (χ0) is 10.1. The quantitative estimate of drug-likeness (QED) is 0.298. The maximum atomic E-state index is 10.3. The Bertz CT molecular complexity index is 179. The minimum absolute atomic E-state index is 0.261. The van der Waals surface area contributed by atoms with Gasteiger partial charge in [0, 0.05) is 19.5 Å². The number of guanidine groups is 1. The van der Waals surface area contributed by atoms with Crippen LogP contribution in [0.5, 0.6) is 0 Å². The molecule has 0 spiro atoms. The molecular weight excluding hydrogens is 168 g/mol. The van der Waals surface area contributed by atoms with Gasteiger partial charge < -0.3 is 16.8 Å². The molecule has 0 aromatic rings. The van der Waals surface area contributed by atoms with E-state index in [4.69, 9.17) is 11.5 Å². The SMILES string of the molecule is CCNC(N)=NCCCCC(N)=O. The van der Waals surface area contributed by atoms with E-state index in [9.17, 15) is 4.79 Å². The maximum absolute atomic E-state index is 10.3. The van der Waals surface area contributed by atoms with Crippen LogP contribution in [0.15, 0.2) is 4.99 Å². The minimum Gasteiger partial charge on any atom is -0.370 e. The molecule has 0 atom stereocenters. The molecule has 76 valence electrons. The first-order valence-corrected chi connectivity index (χ1v) is 4.49. The highest BCUT2D eigenvalue weighted by Crippen LogP contribution is 1.93. The lowest BCUT2D eigenvalue weighted by Gasteiger charge is -2.00. The molecule has 0 fully saturated rings. The predicted octanol–water partition coefficient (Wildman–Crippen LogP) is -0.434. The van der Waals surface area contributed by atoms with Crippen LogP contribution in [0.3, 0.4) is 0 Å². The number of nitrogens with zero attached hydrogens (tertiary/aromatic N) is 1. The van der Waals surface area contributed by atoms with E-state index in [1.54, 1.807) is 0 Å². The van der Waals surface area contributed by atoms with Gasteiger partial charge in [-0.25, -0.2) is 0 Å². The highest BCUT2D eigenvalue weighted by Gasteiger charge is 1.93. The van der Waals surface area contributed by atoms with Crippen molar-refractivity contribution in [3.63, 3.8) is 0 Å². The van der Waals surface area contributed by atoms with E-state index in [2.05, 4.69) is 10.3 Å². The number of unbranched alkanes of at least 4 members (excludes halogenated alkanes) is 1. The predicted molar refractivity (Wildman–Crippen MR) is 53.2 cm³/mol. The highest BCUT2D eigenvalue weighted by molar-refractivity contribution is 5.77. The van der Waals surface area contributed by atoms with Crippen LogP contribution in [0, 0.1) is 0 Å². The number of nitrogens with one attached hydrogen (secondary N) is 1. The molecule has 0 heterocycles. The molecule has 0 aromatic carbocycles. The van der Waals surface area contributed by atoms with Crippen molar-refractivity contribution in [2.45, 2.75) is 26.2 Å². The van der Waals surface area contributed by atoms with Crippen LogP contribution >= 0.6 is 0 Å². The second kappa shape index (κ2) is 7.39. The van der Waals surface area contributed by atoms with Crippen LogP contribution < -0.4 is 16.8 Å². The minimum atomic E-state index is -0.261. The fraction of sp³-hybridized carbons (Fsp3) is 0.750. The molecule has 5 heteroatoms. The average molecular weight is 186 g/mol. The maximum Gasteiger partial charge on any atom is 0.217 e. The first-order chi connectivity index (χ1) is 6.16. The van der Waals surface area contributed by atoms with Crippen molar-refractivity contribution >= 4 is 11.9 Å². The van der Waals surface area contributed by atoms with Gasteiger partial charge in [0.1, 0.15) is 0 Å². The molecule has 0 aliphatic carbocycles. The second-order valence-electron chi connectivity index (χ2n) is 2.72. The molecule has 0 aliphatic rings. The van der Waals surface area contributed by atoms with Gasteiger partial charge >= 0.3 is 0 Å². The molecule has 0 rings (SSSR count). The molecule has 1 amide bonds. The molecule has 5 nitrogen and oxygen atoms in total. The number of carbonyl (C=O) groups is 1. The summed E-state index contributed by atoms with van der Waals surface area (Å²) in [6.07, 6.45) is 2.05. The van der Waals surface area contributed by atoms with E-state index in [-0.39, 0.29) is 5.91 Å². The Morgan fingerprint density at radius 3 is 2.62 bits per heavy atom. The lowest BCUT2D eigenvalue weighted by Crippen LogP contribution is -2.31. The molecule has 0 aromatic heterocycles. The van der Waals surface area contributed by atoms with Crippen molar-refractivity contribution in [3.05, 3.63) is 0 Å². The topological polar surface area (TPSA) is 93.5 Å². The van der Waals surface area contributed by atoms with Crippen LogP contribution in [0.1, 0.15) is 26.2 Å². The van der Waals surface area contributed by atoms with Crippen LogP contribution in [0.2, 0.25) is 0 Å². The van der Waals surface area contributed by atoms with E-state index in [1.807, 2.05) is 6.92 Å². The van der Waals surface area contributed by atoms with Crippen LogP contribution in [-0.2, 0) is 4.79 Å². The molecule has 0 saturated carbocycles. The largest absolute Gasteiger partial charge is 0.370 e. The van der Waals surface area contributed by atoms with E-state index in [1.165, 1.54) is 0 Å². The van der Waals surface area contributed by atoms with Gasteiger partial charge in [0.25, 0.3) is 0 Å². The van der Waals surface area contributed by atoms with Gasteiger partial charge in [-0.3, -0.25) is 9.79 Å². The van der Waals surface area contributed by atoms with Crippen molar-refractivity contribution in [1.29, 1.82) is 0 Å². The summed E-state index contributed by atoms with van der Waals surface area (Å²) in [6, 6.07) is 0. The normalized spacial score (nSPS) is 11.3. The third kappa shape index (κ3) is 8.65. The lowest BCUT2D eigenvalue weighted by atomic mass is 10.2. The van der Waals surface area contributed by atoms with Crippen molar-refractivity contribution in [2.75, 3.05) is 13.1 Å². The number of amides is 1. The first kappa shape index (κ1) is 11.7. The third-order valence-corrected chi connectivity index (χ3v) is 1.47. The number of carbonyl (C=O) groups excluding carboxylic acids is 1. The molecule has 13 heavy (non-hydrogen) atoms. The van der Waals surface area contributed by atoms with Crippen LogP contribution in [0.4, 0.5) is 0 Å². The standard InChI is InChI=1S/C8H18N4O/c1-2-11-8(10)12-6-4-3-5-7(9)13/h2-6H2,1H3,(H2,9,13)(H3,10,11,12). The summed E-state index contributed by atoms with van der Waals surface area (Å²) >= 11 is 0. The van der Waals surface area contributed by atoms with Crippen molar-refractivity contribution in [1.82, 2.24) is 5.32 Å². The Hall–Kier alpha value is -1.26. The number of aliphatic imine (C=N–C) groups is 1. The van der Waals surface area contributed by atoms with Crippen molar-refractivity contribution in [2.24, 2.45) is 16.5 Å². The number of rotatable bonds is 6. The number of hydrogen-bond donors (Lipinski definition) is 3. The summed E-state index contributed by atoms with van der Waals surface area (Å²) in [6.45, 7) is 3.37. The molecule has 5 N–H and O–H groups in total. The van der Waals surface area contributed by atoms with Gasteiger partial charge in [0.15, 0.2) is 5.96 Å². The van der Waals surface area contributed by atoms with Gasteiger partial charge in [-0.05, 0) is 19.8 Å². The van der Waals surface area contributed by atoms with E-state index in [0.29, 0.717) is 18.9 Å². The van der Waals surface area contributed by atoms with Gasteiger partial charge in [-0.2, -0.15) is 0 Å². The molecule has 0 unspecified atom stereocenters. The Labute approximate surface area is 78.6 Å². The van der Waals surface area contributed by atoms with Gasteiger partial charge in [-0.1, -0.05) is 0 Å². The Morgan fingerprint density at radius 2 is 2.08 bits per heavy atom. The zero-order valence-corrected chi connectivity index (χ0v) is 8.05. The summed E-state index contributed by atoms with van der Waals surface area (Å²) < 4.78 is 0. The van der Waals surface area contributed by atoms with E-state index in [0.717, 1.165) is 19.4 Å². The summed E-state index contributed by atoms with van der Waals surface area (Å²) in [7, 11) is 0. The second-order valence-corrected chi connectivity index (χ2v) is 2.72. The summed E-state index contributed by atoms with van der Waals surface area (Å²) in [5.74, 6) is 0.199. The fourth-order valence-corrected chi connectivity index (χ4v) is 0.848. The molecule has 0 saturated heterocycles. The molecular formula is C8H18N4O. The highest BCUT2D eigenvalue weighted by atomic mass is 16.1. The van der Waals surface area contributed by atoms with Crippen LogP contribution in [0.25, 0.3) is 0 Å². The Morgan fingerprint density at radius 1 is 1.38 bits per heavy atom. The first-order valence-electron chi connectivity index (χ1n) is 4.49. The summed E-state index contributed by atoms with van der Waals surface area (Å²) in [4.78, 5) is 14.4. The van der Waals surface area contributed by atoms with Gasteiger partial charge in [0.2, 0.25) is 5.91 Å². The Balaban J connectivity index is 3.33. The monoisotopic (exact) mass is 186 g/mol. The summed E-state index contributed by atoms with van der Waals surface area (Å²) in [5.41, 5.74) is 10.4. The molecule has 0 aliphatic heterocycles. The lowest BCUT2D eigenvalue weighted by molar-refractivity contribution is -0.118. The average Bonchev–Trinajstić information content (AvgIpc) is 2.03. The smallest absolute Gasteiger partial charge is 0.217 e.